The summed E-state index contributed by atoms with van der Waals surface area (Å²) in [5.41, 5.74) is 4.62. The van der Waals surface area contributed by atoms with Gasteiger partial charge in [-0.1, -0.05) is 24.3 Å². The third-order valence-corrected chi connectivity index (χ3v) is 7.08. The maximum absolute atomic E-state index is 13.9. The molecule has 0 unspecified atom stereocenters. The molecule has 8 heteroatoms. The molecule has 38 heavy (non-hydrogen) atoms. The number of nitrogens with one attached hydrogen (secondary N) is 1. The van der Waals surface area contributed by atoms with Crippen LogP contribution in [0.4, 0.5) is 10.1 Å². The lowest BCUT2D eigenvalue weighted by molar-refractivity contribution is -0.116. The van der Waals surface area contributed by atoms with Gasteiger partial charge in [0.25, 0.3) is 0 Å². The number of carbonyl (C=O) groups is 1. The number of rotatable bonds is 7. The topological polar surface area (TPSA) is 70.3 Å². The molecule has 6 rings (SSSR count). The molecule has 3 aromatic carbocycles. The van der Waals surface area contributed by atoms with Crippen LogP contribution in [0.15, 0.2) is 79.3 Å². The van der Waals surface area contributed by atoms with Gasteiger partial charge in [0.1, 0.15) is 18.2 Å². The van der Waals surface area contributed by atoms with E-state index in [0.717, 1.165) is 39.1 Å². The number of methoxy groups -OCH3 is 1. The first-order valence-electron chi connectivity index (χ1n) is 12.4. The van der Waals surface area contributed by atoms with E-state index in [2.05, 4.69) is 21.1 Å². The molecule has 0 radical (unpaired) electrons. The van der Waals surface area contributed by atoms with E-state index < -0.39 is 0 Å². The summed E-state index contributed by atoms with van der Waals surface area (Å²) in [6.07, 6.45) is 5.97. The molecular weight excluding hydrogens is 483 g/mol. The van der Waals surface area contributed by atoms with Crippen molar-refractivity contribution in [1.82, 2.24) is 14.1 Å². The number of imidazole rings is 1. The standard InChI is InChI=1S/C30H27FN4O3/c1-34-12-11-32-28(34)18-38-26-10-9-20(14-27(26)37-2)22-15-29(36)33-24-7-4-8-25-30(24)23(22)17-35(25)16-19-5-3-6-21(31)13-19/h3-14,17,22H,15-16,18H2,1-2H3,(H,33,36)/t22-/m0/s1. The quantitative estimate of drug-likeness (QED) is 0.308. The highest BCUT2D eigenvalue weighted by Gasteiger charge is 2.28. The van der Waals surface area contributed by atoms with Crippen molar-refractivity contribution in [2.45, 2.75) is 25.5 Å². The average Bonchev–Trinajstić information content (AvgIpc) is 3.45. The predicted molar refractivity (Wildman–Crippen MR) is 143 cm³/mol. The molecule has 192 valence electrons. The van der Waals surface area contributed by atoms with E-state index >= 15 is 0 Å². The number of amides is 1. The van der Waals surface area contributed by atoms with Crippen LogP contribution in [0.5, 0.6) is 11.5 Å². The third-order valence-electron chi connectivity index (χ3n) is 7.08. The number of ether oxygens (including phenoxy) is 2. The molecule has 0 bridgehead atoms. The maximum Gasteiger partial charge on any atom is 0.225 e. The first kappa shape index (κ1) is 23.8. The third kappa shape index (κ3) is 4.38. The van der Waals surface area contributed by atoms with Crippen LogP contribution in [0, 0.1) is 5.82 Å². The van der Waals surface area contributed by atoms with Gasteiger partial charge >= 0.3 is 0 Å². The molecule has 1 aliphatic rings. The van der Waals surface area contributed by atoms with Gasteiger partial charge in [-0.05, 0) is 53.1 Å². The molecule has 7 nitrogen and oxygen atoms in total. The lowest BCUT2D eigenvalue weighted by Crippen LogP contribution is -2.14. The summed E-state index contributed by atoms with van der Waals surface area (Å²) in [7, 11) is 3.53. The zero-order chi connectivity index (χ0) is 26.2. The highest BCUT2D eigenvalue weighted by Crippen LogP contribution is 2.43. The van der Waals surface area contributed by atoms with Crippen molar-refractivity contribution in [2.75, 3.05) is 12.4 Å². The molecule has 0 spiro atoms. The van der Waals surface area contributed by atoms with Crippen molar-refractivity contribution in [2.24, 2.45) is 7.05 Å². The Balaban J connectivity index is 1.39. The summed E-state index contributed by atoms with van der Waals surface area (Å²) in [6.45, 7) is 0.823. The van der Waals surface area contributed by atoms with E-state index in [1.807, 2.05) is 60.3 Å². The Morgan fingerprint density at radius 2 is 1.97 bits per heavy atom. The number of halogens is 1. The van der Waals surface area contributed by atoms with Crippen LogP contribution in [0.2, 0.25) is 0 Å². The van der Waals surface area contributed by atoms with Crippen molar-refractivity contribution in [1.29, 1.82) is 0 Å². The summed E-state index contributed by atoms with van der Waals surface area (Å²) < 4.78 is 29.6. The van der Waals surface area contributed by atoms with E-state index in [0.29, 0.717) is 24.7 Å². The second-order valence-corrected chi connectivity index (χ2v) is 9.50. The molecule has 1 aliphatic heterocycles. The van der Waals surface area contributed by atoms with E-state index in [1.54, 1.807) is 25.4 Å². The van der Waals surface area contributed by atoms with Crippen molar-refractivity contribution in [3.8, 4) is 11.5 Å². The number of benzene rings is 3. The zero-order valence-corrected chi connectivity index (χ0v) is 21.1. The molecular formula is C30H27FN4O3. The number of nitrogens with zero attached hydrogens (tertiary/aromatic N) is 3. The highest BCUT2D eigenvalue weighted by molar-refractivity contribution is 6.06. The van der Waals surface area contributed by atoms with E-state index in [1.165, 1.54) is 6.07 Å². The smallest absolute Gasteiger partial charge is 0.225 e. The summed E-state index contributed by atoms with van der Waals surface area (Å²) in [4.78, 5) is 17.3. The van der Waals surface area contributed by atoms with Crippen molar-refractivity contribution >= 4 is 22.5 Å². The van der Waals surface area contributed by atoms with Crippen LogP contribution >= 0.6 is 0 Å². The molecule has 1 amide bonds. The predicted octanol–water partition coefficient (Wildman–Crippen LogP) is 5.62. The Labute approximate surface area is 219 Å². The number of anilines is 1. The minimum Gasteiger partial charge on any atom is -0.493 e. The Bertz CT molecular complexity index is 1650. The van der Waals surface area contributed by atoms with E-state index in [-0.39, 0.29) is 24.1 Å². The second-order valence-electron chi connectivity index (χ2n) is 9.50. The summed E-state index contributed by atoms with van der Waals surface area (Å²) in [5, 5.41) is 4.07. The molecule has 2 aromatic heterocycles. The molecule has 0 saturated carbocycles. The molecule has 5 aromatic rings. The van der Waals surface area contributed by atoms with Gasteiger partial charge in [-0.25, -0.2) is 9.37 Å². The Kier molecular flexibility index (Phi) is 6.07. The lowest BCUT2D eigenvalue weighted by Gasteiger charge is -2.17. The van der Waals surface area contributed by atoms with Crippen LogP contribution in [0.3, 0.4) is 0 Å². The zero-order valence-electron chi connectivity index (χ0n) is 21.1. The van der Waals surface area contributed by atoms with Gasteiger partial charge in [-0.3, -0.25) is 4.79 Å². The Hall–Kier alpha value is -4.59. The highest BCUT2D eigenvalue weighted by atomic mass is 19.1. The largest absolute Gasteiger partial charge is 0.493 e. The fourth-order valence-corrected chi connectivity index (χ4v) is 5.21. The van der Waals surface area contributed by atoms with Gasteiger partial charge in [0.2, 0.25) is 5.91 Å². The summed E-state index contributed by atoms with van der Waals surface area (Å²) in [5.74, 6) is 1.48. The monoisotopic (exact) mass is 510 g/mol. The van der Waals surface area contributed by atoms with Gasteiger partial charge in [-0.15, -0.1) is 0 Å². The van der Waals surface area contributed by atoms with Gasteiger partial charge < -0.3 is 23.9 Å². The number of aromatic nitrogens is 3. The van der Waals surface area contributed by atoms with E-state index in [9.17, 15) is 9.18 Å². The SMILES string of the molecule is COc1cc([C@@H]2CC(=O)Nc3cccc4c3c2cn4Cc2cccc(F)c2)ccc1OCc1nccn1C. The maximum atomic E-state index is 13.9. The Morgan fingerprint density at radius 1 is 1.11 bits per heavy atom. The molecule has 0 fully saturated rings. The lowest BCUT2D eigenvalue weighted by atomic mass is 9.88. The summed E-state index contributed by atoms with van der Waals surface area (Å²) >= 11 is 0. The molecule has 0 saturated heterocycles. The summed E-state index contributed by atoms with van der Waals surface area (Å²) in [6, 6.07) is 18.3. The van der Waals surface area contributed by atoms with Crippen LogP contribution in [-0.2, 0) is 25.0 Å². The van der Waals surface area contributed by atoms with Gasteiger partial charge in [0.05, 0.1) is 18.3 Å². The van der Waals surface area contributed by atoms with Crippen molar-refractivity contribution in [3.63, 3.8) is 0 Å². The number of carbonyl (C=O) groups excluding carboxylic acids is 1. The van der Waals surface area contributed by atoms with Crippen LogP contribution in [0.1, 0.15) is 34.9 Å². The fourth-order valence-electron chi connectivity index (χ4n) is 5.21. The average molecular weight is 511 g/mol. The van der Waals surface area contributed by atoms with Crippen LogP contribution in [-0.4, -0.2) is 27.1 Å². The first-order chi connectivity index (χ1) is 18.5. The fraction of sp³-hybridized carbons (Fsp3) is 0.200. The van der Waals surface area contributed by atoms with Gasteiger partial charge in [0, 0.05) is 49.9 Å². The molecule has 1 N–H and O–H groups in total. The number of aryl methyl sites for hydroxylation is 1. The van der Waals surface area contributed by atoms with Crippen LogP contribution in [0.25, 0.3) is 10.9 Å². The van der Waals surface area contributed by atoms with Crippen molar-refractivity contribution in [3.05, 3.63) is 108 Å². The second kappa shape index (κ2) is 9.70. The van der Waals surface area contributed by atoms with E-state index in [4.69, 9.17) is 9.47 Å². The molecule has 3 heterocycles. The molecule has 1 atom stereocenters. The number of hydrogen-bond acceptors (Lipinski definition) is 4. The molecule has 0 aliphatic carbocycles. The van der Waals surface area contributed by atoms with Gasteiger partial charge in [-0.2, -0.15) is 0 Å². The first-order valence-corrected chi connectivity index (χ1v) is 12.4. The van der Waals surface area contributed by atoms with Crippen molar-refractivity contribution < 1.29 is 18.7 Å². The minimum absolute atomic E-state index is 0.0514. The van der Waals surface area contributed by atoms with Gasteiger partial charge in [0.15, 0.2) is 11.5 Å². The minimum atomic E-state index is -0.261. The normalized spacial score (nSPS) is 14.8. The van der Waals surface area contributed by atoms with Crippen LogP contribution < -0.4 is 14.8 Å². The Morgan fingerprint density at radius 3 is 2.76 bits per heavy atom. The number of hydrogen-bond donors (Lipinski definition) is 1.